The fourth-order valence-electron chi connectivity index (χ4n) is 3.88. The van der Waals surface area contributed by atoms with E-state index in [1.54, 1.807) is 6.92 Å². The van der Waals surface area contributed by atoms with Gasteiger partial charge in [0.05, 0.1) is 0 Å². The van der Waals surface area contributed by atoms with Crippen LogP contribution in [0.25, 0.3) is 0 Å². The van der Waals surface area contributed by atoms with Crippen LogP contribution >= 0.6 is 0 Å². The van der Waals surface area contributed by atoms with Gasteiger partial charge in [-0.1, -0.05) is 44.9 Å². The summed E-state index contributed by atoms with van der Waals surface area (Å²) in [5.74, 6) is 2.14. The molecule has 0 bridgehead atoms. The highest BCUT2D eigenvalue weighted by Gasteiger charge is 2.22. The van der Waals surface area contributed by atoms with Gasteiger partial charge in [-0.25, -0.2) is 0 Å². The average molecular weight is 251 g/mol. The molecule has 0 radical (unpaired) electrons. The molecule has 0 atom stereocenters. The van der Waals surface area contributed by atoms with Crippen LogP contribution in [0.4, 0.5) is 0 Å². The Hall–Kier alpha value is -0.530. The Morgan fingerprint density at radius 3 is 2.06 bits per heavy atom. The summed E-state index contributed by atoms with van der Waals surface area (Å²) in [7, 11) is 0. The lowest BCUT2D eigenvalue weighted by atomic mass is 9.82. The molecule has 0 aliphatic heterocycles. The summed E-state index contributed by atoms with van der Waals surface area (Å²) in [5.41, 5.74) is 0. The second kappa shape index (κ2) is 7.16. The van der Waals surface area contributed by atoms with E-state index < -0.39 is 0 Å². The molecular formula is C16H29NO. The van der Waals surface area contributed by atoms with Gasteiger partial charge >= 0.3 is 0 Å². The first-order valence-corrected chi connectivity index (χ1v) is 8.01. The predicted molar refractivity (Wildman–Crippen MR) is 75.4 cm³/mol. The van der Waals surface area contributed by atoms with E-state index in [1.807, 2.05) is 0 Å². The summed E-state index contributed by atoms with van der Waals surface area (Å²) in [6.45, 7) is 1.63. The van der Waals surface area contributed by atoms with Crippen LogP contribution in [0, 0.1) is 11.8 Å². The highest BCUT2D eigenvalue weighted by Crippen LogP contribution is 2.32. The first-order valence-electron chi connectivity index (χ1n) is 8.01. The maximum atomic E-state index is 11.0. The number of hydrogen-bond acceptors (Lipinski definition) is 1. The molecule has 2 heteroatoms. The minimum atomic E-state index is 0.139. The van der Waals surface area contributed by atoms with Crippen molar-refractivity contribution in [2.45, 2.75) is 83.6 Å². The summed E-state index contributed by atoms with van der Waals surface area (Å²) >= 11 is 0. The van der Waals surface area contributed by atoms with E-state index in [4.69, 9.17) is 0 Å². The van der Waals surface area contributed by atoms with Crippen LogP contribution in [0.5, 0.6) is 0 Å². The molecular weight excluding hydrogens is 222 g/mol. The first-order chi connectivity index (χ1) is 8.74. The molecule has 1 N–H and O–H groups in total. The summed E-state index contributed by atoms with van der Waals surface area (Å²) in [4.78, 5) is 11.0. The lowest BCUT2D eigenvalue weighted by molar-refractivity contribution is -0.119. The van der Waals surface area contributed by atoms with Crippen molar-refractivity contribution in [1.29, 1.82) is 0 Å². The van der Waals surface area contributed by atoms with Crippen molar-refractivity contribution in [2.75, 3.05) is 0 Å². The molecule has 2 saturated carbocycles. The van der Waals surface area contributed by atoms with E-state index in [0.717, 1.165) is 11.8 Å². The molecule has 18 heavy (non-hydrogen) atoms. The van der Waals surface area contributed by atoms with Gasteiger partial charge in [0.2, 0.25) is 5.91 Å². The SMILES string of the molecule is CC(=O)NC1CCC(CCCC2CCCC2)CC1. The zero-order valence-electron chi connectivity index (χ0n) is 11.9. The van der Waals surface area contributed by atoms with Gasteiger partial charge in [0, 0.05) is 13.0 Å². The van der Waals surface area contributed by atoms with Crippen molar-refractivity contribution in [2.24, 2.45) is 11.8 Å². The van der Waals surface area contributed by atoms with E-state index in [2.05, 4.69) is 5.32 Å². The van der Waals surface area contributed by atoms with Gasteiger partial charge in [-0.3, -0.25) is 4.79 Å². The highest BCUT2D eigenvalue weighted by atomic mass is 16.1. The van der Waals surface area contributed by atoms with E-state index in [-0.39, 0.29) is 5.91 Å². The van der Waals surface area contributed by atoms with Gasteiger partial charge in [0.1, 0.15) is 0 Å². The van der Waals surface area contributed by atoms with E-state index in [9.17, 15) is 4.79 Å². The Kier molecular flexibility index (Phi) is 5.52. The van der Waals surface area contributed by atoms with Gasteiger partial charge in [-0.2, -0.15) is 0 Å². The quantitative estimate of drug-likeness (QED) is 0.785. The minimum Gasteiger partial charge on any atom is -0.354 e. The average Bonchev–Trinajstić information content (AvgIpc) is 2.84. The number of nitrogens with one attached hydrogen (secondary N) is 1. The number of carbonyl (C=O) groups is 1. The monoisotopic (exact) mass is 251 g/mol. The third-order valence-corrected chi connectivity index (χ3v) is 4.95. The fourth-order valence-corrected chi connectivity index (χ4v) is 3.88. The summed E-state index contributed by atoms with van der Waals surface area (Å²) in [6, 6.07) is 0.466. The topological polar surface area (TPSA) is 29.1 Å². The minimum absolute atomic E-state index is 0.139. The van der Waals surface area contributed by atoms with Crippen LogP contribution in [0.3, 0.4) is 0 Å². The van der Waals surface area contributed by atoms with Crippen LogP contribution in [-0.4, -0.2) is 11.9 Å². The van der Waals surface area contributed by atoms with Crippen LogP contribution in [-0.2, 0) is 4.79 Å². The van der Waals surface area contributed by atoms with Crippen molar-refractivity contribution < 1.29 is 4.79 Å². The maximum absolute atomic E-state index is 11.0. The van der Waals surface area contributed by atoms with Gasteiger partial charge in [-0.05, 0) is 37.5 Å². The molecule has 0 aromatic carbocycles. The number of hydrogen-bond donors (Lipinski definition) is 1. The van der Waals surface area contributed by atoms with E-state index in [1.165, 1.54) is 70.6 Å². The molecule has 0 heterocycles. The van der Waals surface area contributed by atoms with Gasteiger partial charge in [-0.15, -0.1) is 0 Å². The molecule has 0 saturated heterocycles. The smallest absolute Gasteiger partial charge is 0.217 e. The zero-order chi connectivity index (χ0) is 12.8. The Morgan fingerprint density at radius 2 is 1.50 bits per heavy atom. The lowest BCUT2D eigenvalue weighted by Gasteiger charge is -2.29. The molecule has 0 aromatic heterocycles. The summed E-state index contributed by atoms with van der Waals surface area (Å²) < 4.78 is 0. The van der Waals surface area contributed by atoms with Gasteiger partial charge in [0.15, 0.2) is 0 Å². The number of amides is 1. The van der Waals surface area contributed by atoms with Crippen molar-refractivity contribution in [1.82, 2.24) is 5.32 Å². The normalized spacial score (nSPS) is 29.4. The maximum Gasteiger partial charge on any atom is 0.217 e. The van der Waals surface area contributed by atoms with Crippen molar-refractivity contribution in [3.63, 3.8) is 0 Å². The molecule has 2 nitrogen and oxygen atoms in total. The van der Waals surface area contributed by atoms with E-state index >= 15 is 0 Å². The van der Waals surface area contributed by atoms with Crippen molar-refractivity contribution in [3.8, 4) is 0 Å². The number of rotatable bonds is 5. The molecule has 2 aliphatic carbocycles. The Balaban J connectivity index is 1.54. The van der Waals surface area contributed by atoms with Crippen LogP contribution < -0.4 is 5.32 Å². The van der Waals surface area contributed by atoms with Gasteiger partial charge in [0.25, 0.3) is 0 Å². The van der Waals surface area contributed by atoms with Crippen molar-refractivity contribution in [3.05, 3.63) is 0 Å². The predicted octanol–water partition coefficient (Wildman–Crippen LogP) is 4.04. The van der Waals surface area contributed by atoms with E-state index in [0.29, 0.717) is 6.04 Å². The summed E-state index contributed by atoms with van der Waals surface area (Å²) in [5, 5.41) is 3.06. The Morgan fingerprint density at radius 1 is 0.944 bits per heavy atom. The molecule has 104 valence electrons. The standard InChI is InChI=1S/C16H29NO/c1-13(18)17-16-11-9-15(10-12-16)8-4-7-14-5-2-3-6-14/h14-16H,2-12H2,1H3,(H,17,18). The second-order valence-electron chi connectivity index (χ2n) is 6.50. The molecule has 1 amide bonds. The lowest BCUT2D eigenvalue weighted by Crippen LogP contribution is -2.36. The van der Waals surface area contributed by atoms with Crippen molar-refractivity contribution >= 4 is 5.91 Å². The number of carbonyl (C=O) groups excluding carboxylic acids is 1. The molecule has 2 aliphatic rings. The van der Waals surface area contributed by atoms with Crippen LogP contribution in [0.2, 0.25) is 0 Å². The highest BCUT2D eigenvalue weighted by molar-refractivity contribution is 5.73. The first kappa shape index (κ1) is 13.9. The Labute approximate surface area is 112 Å². The fraction of sp³-hybridized carbons (Fsp3) is 0.938. The van der Waals surface area contributed by atoms with Crippen LogP contribution in [0.15, 0.2) is 0 Å². The third kappa shape index (κ3) is 4.62. The molecule has 0 spiro atoms. The van der Waals surface area contributed by atoms with Gasteiger partial charge < -0.3 is 5.32 Å². The largest absolute Gasteiger partial charge is 0.354 e. The third-order valence-electron chi connectivity index (χ3n) is 4.95. The van der Waals surface area contributed by atoms with Crippen LogP contribution in [0.1, 0.15) is 77.6 Å². The molecule has 0 aromatic rings. The molecule has 0 unspecified atom stereocenters. The zero-order valence-corrected chi connectivity index (χ0v) is 11.9. The second-order valence-corrected chi connectivity index (χ2v) is 6.50. The molecule has 2 fully saturated rings. The Bertz CT molecular complexity index is 250. The summed E-state index contributed by atoms with van der Waals surface area (Å²) in [6.07, 6.45) is 15.4. The molecule has 2 rings (SSSR count).